The van der Waals surface area contributed by atoms with Crippen LogP contribution < -0.4 is 5.32 Å². The number of likely N-dealkylation sites (tertiary alicyclic amines) is 1. The molecule has 2 amide bonds. The molecule has 26 heavy (non-hydrogen) atoms. The molecule has 2 heterocycles. The van der Waals surface area contributed by atoms with Gasteiger partial charge in [-0.3, -0.25) is 14.4 Å². The Morgan fingerprint density at radius 2 is 2.08 bits per heavy atom. The fourth-order valence-electron chi connectivity index (χ4n) is 3.53. The lowest BCUT2D eigenvalue weighted by atomic mass is 10.0. The Labute approximate surface area is 161 Å². The van der Waals surface area contributed by atoms with Crippen molar-refractivity contribution in [2.75, 3.05) is 19.7 Å². The molecular weight excluding hydrogens is 400 g/mol. The van der Waals surface area contributed by atoms with E-state index in [1.54, 1.807) is 17.0 Å². The number of ketones is 1. The van der Waals surface area contributed by atoms with Crippen molar-refractivity contribution in [2.24, 2.45) is 5.92 Å². The number of carbonyl (C=O) groups excluding carboxylic acids is 3. The molecule has 3 rings (SSSR count). The second kappa shape index (κ2) is 8.31. The van der Waals surface area contributed by atoms with Crippen LogP contribution in [0, 0.1) is 5.92 Å². The fraction of sp³-hybridized carbons (Fsp3) is 0.526. The number of Topliss-reactive ketones (excluding diaryl/α,β-unsaturated/α-hetero) is 1. The lowest BCUT2D eigenvalue weighted by Gasteiger charge is -2.23. The zero-order chi connectivity index (χ0) is 18.7. The van der Waals surface area contributed by atoms with E-state index in [-0.39, 0.29) is 42.3 Å². The lowest BCUT2D eigenvalue weighted by Crippen LogP contribution is -2.42. The number of fused-ring (bicyclic) bond motifs is 1. The summed E-state index contributed by atoms with van der Waals surface area (Å²) in [6.07, 6.45) is 1.71. The van der Waals surface area contributed by atoms with E-state index < -0.39 is 0 Å². The minimum Gasteiger partial charge on any atom is -0.368 e. The number of carbonyl (C=O) groups is 3. The molecule has 1 aromatic rings. The molecule has 2 fully saturated rings. The van der Waals surface area contributed by atoms with Gasteiger partial charge in [-0.25, -0.2) is 0 Å². The van der Waals surface area contributed by atoms with E-state index in [1.165, 1.54) is 0 Å². The van der Waals surface area contributed by atoms with Gasteiger partial charge in [-0.2, -0.15) is 0 Å². The van der Waals surface area contributed by atoms with Crippen molar-refractivity contribution in [1.82, 2.24) is 10.2 Å². The predicted molar refractivity (Wildman–Crippen MR) is 99.7 cm³/mol. The lowest BCUT2D eigenvalue weighted by molar-refractivity contribution is -0.137. The molecule has 140 valence electrons. The SMILES string of the molecule is CC(CCNC(=O)c1ccc(Br)cc1)CC(=O)N1CCC2OCC(=O)C21. The summed E-state index contributed by atoms with van der Waals surface area (Å²) in [4.78, 5) is 38.2. The Hall–Kier alpha value is -1.73. The van der Waals surface area contributed by atoms with Crippen LogP contribution in [0.1, 0.15) is 36.5 Å². The molecular formula is C19H23BrN2O4. The van der Waals surface area contributed by atoms with E-state index in [0.717, 1.165) is 10.9 Å². The molecule has 6 nitrogen and oxygen atoms in total. The number of hydrogen-bond donors (Lipinski definition) is 1. The van der Waals surface area contributed by atoms with Crippen LogP contribution in [-0.2, 0) is 14.3 Å². The van der Waals surface area contributed by atoms with Crippen LogP contribution in [0.3, 0.4) is 0 Å². The zero-order valence-electron chi connectivity index (χ0n) is 14.7. The van der Waals surface area contributed by atoms with E-state index in [1.807, 2.05) is 19.1 Å². The maximum atomic E-state index is 12.5. The summed E-state index contributed by atoms with van der Waals surface area (Å²) in [5.74, 6) is 0.0228. The predicted octanol–water partition coefficient (Wildman–Crippen LogP) is 2.16. The summed E-state index contributed by atoms with van der Waals surface area (Å²) >= 11 is 3.34. The number of hydrogen-bond acceptors (Lipinski definition) is 4. The Morgan fingerprint density at radius 1 is 1.35 bits per heavy atom. The van der Waals surface area contributed by atoms with E-state index in [9.17, 15) is 14.4 Å². The van der Waals surface area contributed by atoms with Gasteiger partial charge in [-0.1, -0.05) is 22.9 Å². The molecule has 0 aromatic heterocycles. The summed E-state index contributed by atoms with van der Waals surface area (Å²) in [5, 5.41) is 2.88. The second-order valence-corrected chi connectivity index (χ2v) is 7.91. The first-order chi connectivity index (χ1) is 12.5. The van der Waals surface area contributed by atoms with Crippen LogP contribution >= 0.6 is 15.9 Å². The van der Waals surface area contributed by atoms with E-state index >= 15 is 0 Å². The van der Waals surface area contributed by atoms with Crippen molar-refractivity contribution in [3.05, 3.63) is 34.3 Å². The summed E-state index contributed by atoms with van der Waals surface area (Å²) in [6, 6.07) is 6.79. The van der Waals surface area contributed by atoms with Crippen LogP contribution in [0.15, 0.2) is 28.7 Å². The topological polar surface area (TPSA) is 75.7 Å². The molecule has 0 bridgehead atoms. The Morgan fingerprint density at radius 3 is 2.81 bits per heavy atom. The van der Waals surface area contributed by atoms with Gasteiger partial charge in [0.25, 0.3) is 5.91 Å². The van der Waals surface area contributed by atoms with Gasteiger partial charge in [0.1, 0.15) is 12.6 Å². The fourth-order valence-corrected chi connectivity index (χ4v) is 3.79. The molecule has 0 aliphatic carbocycles. The third-order valence-corrected chi connectivity index (χ3v) is 5.51. The highest BCUT2D eigenvalue weighted by atomic mass is 79.9. The number of ether oxygens (including phenoxy) is 1. The molecule has 1 aromatic carbocycles. The molecule has 1 N–H and O–H groups in total. The summed E-state index contributed by atoms with van der Waals surface area (Å²) in [5.41, 5.74) is 0.611. The highest BCUT2D eigenvalue weighted by molar-refractivity contribution is 9.10. The highest BCUT2D eigenvalue weighted by Crippen LogP contribution is 2.28. The van der Waals surface area contributed by atoms with Gasteiger partial charge in [-0.05, 0) is 43.0 Å². The first kappa shape index (κ1) is 19.0. The second-order valence-electron chi connectivity index (χ2n) is 7.00. The molecule has 3 atom stereocenters. The average Bonchev–Trinajstić information content (AvgIpc) is 3.18. The Bertz CT molecular complexity index is 691. The summed E-state index contributed by atoms with van der Waals surface area (Å²) in [6.45, 7) is 3.21. The van der Waals surface area contributed by atoms with Gasteiger partial charge in [0, 0.05) is 29.5 Å². The van der Waals surface area contributed by atoms with Crippen LogP contribution in [0.25, 0.3) is 0 Å². The Kier molecular flexibility index (Phi) is 6.09. The minimum atomic E-state index is -0.383. The van der Waals surface area contributed by atoms with Crippen LogP contribution in [0.5, 0.6) is 0 Å². The highest BCUT2D eigenvalue weighted by Gasteiger charge is 2.46. The van der Waals surface area contributed by atoms with Crippen molar-refractivity contribution < 1.29 is 19.1 Å². The maximum absolute atomic E-state index is 12.5. The quantitative estimate of drug-likeness (QED) is 0.761. The first-order valence-electron chi connectivity index (χ1n) is 8.93. The van der Waals surface area contributed by atoms with Gasteiger partial charge in [0.05, 0.1) is 6.10 Å². The molecule has 2 aliphatic rings. The largest absolute Gasteiger partial charge is 0.368 e. The molecule has 7 heteroatoms. The standard InChI is InChI=1S/C19H23BrN2O4/c1-12(6-8-21-19(25)13-2-4-14(20)5-3-13)10-17(24)22-9-7-16-18(22)15(23)11-26-16/h2-5,12,16,18H,6-11H2,1H3,(H,21,25). The van der Waals surface area contributed by atoms with Crippen LogP contribution in [-0.4, -0.2) is 54.3 Å². The average molecular weight is 423 g/mol. The van der Waals surface area contributed by atoms with E-state index in [4.69, 9.17) is 4.74 Å². The van der Waals surface area contributed by atoms with Crippen molar-refractivity contribution in [3.63, 3.8) is 0 Å². The molecule has 0 spiro atoms. The number of rotatable bonds is 6. The molecule has 0 saturated carbocycles. The van der Waals surface area contributed by atoms with E-state index in [2.05, 4.69) is 21.2 Å². The number of benzene rings is 1. The summed E-state index contributed by atoms with van der Waals surface area (Å²) < 4.78 is 6.35. The minimum absolute atomic E-state index is 0.00286. The van der Waals surface area contributed by atoms with Gasteiger partial charge in [0.15, 0.2) is 5.78 Å². The van der Waals surface area contributed by atoms with Gasteiger partial charge >= 0.3 is 0 Å². The van der Waals surface area contributed by atoms with Crippen LogP contribution in [0.4, 0.5) is 0 Å². The molecule has 2 aliphatic heterocycles. The molecule has 0 radical (unpaired) electrons. The van der Waals surface area contributed by atoms with Crippen molar-refractivity contribution >= 4 is 33.5 Å². The van der Waals surface area contributed by atoms with E-state index in [0.29, 0.717) is 31.5 Å². The number of halogens is 1. The third kappa shape index (κ3) is 4.32. The monoisotopic (exact) mass is 422 g/mol. The smallest absolute Gasteiger partial charge is 0.251 e. The van der Waals surface area contributed by atoms with Gasteiger partial charge in [-0.15, -0.1) is 0 Å². The number of nitrogens with one attached hydrogen (secondary N) is 1. The zero-order valence-corrected chi connectivity index (χ0v) is 16.3. The number of amides is 2. The van der Waals surface area contributed by atoms with Crippen molar-refractivity contribution in [2.45, 2.75) is 38.3 Å². The van der Waals surface area contributed by atoms with Crippen molar-refractivity contribution in [3.8, 4) is 0 Å². The Balaban J connectivity index is 1.42. The normalized spacial score (nSPS) is 23.0. The first-order valence-corrected chi connectivity index (χ1v) is 9.72. The van der Waals surface area contributed by atoms with Crippen molar-refractivity contribution in [1.29, 1.82) is 0 Å². The van der Waals surface area contributed by atoms with Crippen LogP contribution in [0.2, 0.25) is 0 Å². The van der Waals surface area contributed by atoms with Gasteiger partial charge < -0.3 is 15.0 Å². The maximum Gasteiger partial charge on any atom is 0.251 e. The molecule has 3 unspecified atom stereocenters. The third-order valence-electron chi connectivity index (χ3n) is 4.98. The molecule has 2 saturated heterocycles. The summed E-state index contributed by atoms with van der Waals surface area (Å²) in [7, 11) is 0. The number of nitrogens with zero attached hydrogens (tertiary/aromatic N) is 1. The van der Waals surface area contributed by atoms with Gasteiger partial charge in [0.2, 0.25) is 5.91 Å².